The second-order valence-corrected chi connectivity index (χ2v) is 5.91. The third-order valence-electron chi connectivity index (χ3n) is 3.20. The molecule has 0 fully saturated rings. The minimum Gasteiger partial charge on any atom is -0.467 e. The van der Waals surface area contributed by atoms with Crippen LogP contribution in [-0.4, -0.2) is 30.1 Å². The first-order valence-electron chi connectivity index (χ1n) is 7.58. The molecule has 0 radical (unpaired) electrons. The lowest BCUT2D eigenvalue weighted by molar-refractivity contribution is -0.143. The number of anilines is 1. The molecule has 1 aromatic carbocycles. The molecule has 7 heteroatoms. The van der Waals surface area contributed by atoms with E-state index in [9.17, 15) is 9.59 Å². The van der Waals surface area contributed by atoms with E-state index >= 15 is 0 Å². The topological polar surface area (TPSA) is 71.8 Å². The lowest BCUT2D eigenvalue weighted by Crippen LogP contribution is -2.36. The summed E-state index contributed by atoms with van der Waals surface area (Å²) in [5.74, 6) is 0.309. The average molecular weight is 395 g/mol. The number of esters is 1. The van der Waals surface area contributed by atoms with E-state index in [1.165, 1.54) is 4.90 Å². The van der Waals surface area contributed by atoms with Crippen molar-refractivity contribution in [3.63, 3.8) is 0 Å². The van der Waals surface area contributed by atoms with Gasteiger partial charge in [0.15, 0.2) is 0 Å². The Morgan fingerprint density at radius 1 is 1.25 bits per heavy atom. The third kappa shape index (κ3) is 5.73. The maximum Gasteiger partial charge on any atom is 0.322 e. The van der Waals surface area contributed by atoms with Crippen LogP contribution in [0.3, 0.4) is 0 Å². The molecule has 2 aromatic rings. The van der Waals surface area contributed by atoms with E-state index < -0.39 is 0 Å². The normalized spacial score (nSPS) is 10.2. The summed E-state index contributed by atoms with van der Waals surface area (Å²) in [4.78, 5) is 25.6. The number of carbonyl (C=O) groups excluding carboxylic acids is 2. The van der Waals surface area contributed by atoms with Crippen LogP contribution in [0, 0.1) is 0 Å². The number of urea groups is 1. The molecule has 2 rings (SSSR count). The van der Waals surface area contributed by atoms with Crippen molar-refractivity contribution in [1.82, 2.24) is 4.90 Å². The Labute approximate surface area is 148 Å². The quantitative estimate of drug-likeness (QED) is 0.719. The second kappa shape index (κ2) is 9.12. The monoisotopic (exact) mass is 394 g/mol. The number of nitrogens with zero attached hydrogens (tertiary/aromatic N) is 1. The Balaban J connectivity index is 2.01. The van der Waals surface area contributed by atoms with E-state index in [-0.39, 0.29) is 31.5 Å². The van der Waals surface area contributed by atoms with E-state index in [1.807, 2.05) is 12.1 Å². The Bertz CT molecular complexity index is 656. The number of carbonyl (C=O) groups is 2. The number of hydrogen-bond donors (Lipinski definition) is 1. The molecule has 128 valence electrons. The van der Waals surface area contributed by atoms with Gasteiger partial charge in [0.2, 0.25) is 0 Å². The molecule has 6 nitrogen and oxygen atoms in total. The molecule has 0 unspecified atom stereocenters. The van der Waals surface area contributed by atoms with Gasteiger partial charge in [-0.2, -0.15) is 0 Å². The molecular weight excluding hydrogens is 376 g/mol. The van der Waals surface area contributed by atoms with Gasteiger partial charge in [-0.3, -0.25) is 4.79 Å². The Morgan fingerprint density at radius 3 is 2.62 bits per heavy atom. The highest BCUT2D eigenvalue weighted by Crippen LogP contribution is 2.15. The first-order chi connectivity index (χ1) is 11.6. The number of halogens is 1. The number of hydrogen-bond acceptors (Lipinski definition) is 4. The van der Waals surface area contributed by atoms with Crippen LogP contribution in [0.5, 0.6) is 0 Å². The summed E-state index contributed by atoms with van der Waals surface area (Å²) in [6.07, 6.45) is 1.67. The first kappa shape index (κ1) is 18.1. The predicted octanol–water partition coefficient (Wildman–Crippen LogP) is 4.03. The summed E-state index contributed by atoms with van der Waals surface area (Å²) in [5, 5.41) is 2.81. The van der Waals surface area contributed by atoms with Gasteiger partial charge in [-0.25, -0.2) is 4.79 Å². The standard InChI is InChI=1S/C17H19BrN2O4/c1-2-23-16(21)9-10-20(12-15-4-3-11-24-15)17(22)19-14-7-5-13(18)6-8-14/h3-8,11H,2,9-10,12H2,1H3,(H,19,22). The molecule has 0 bridgehead atoms. The highest BCUT2D eigenvalue weighted by molar-refractivity contribution is 9.10. The average Bonchev–Trinajstić information content (AvgIpc) is 3.07. The molecule has 24 heavy (non-hydrogen) atoms. The van der Waals surface area contributed by atoms with Crippen LogP contribution < -0.4 is 5.32 Å². The molecule has 0 saturated heterocycles. The minimum atomic E-state index is -0.335. The van der Waals surface area contributed by atoms with Crippen molar-refractivity contribution in [2.45, 2.75) is 19.9 Å². The summed E-state index contributed by atoms with van der Waals surface area (Å²) in [6.45, 7) is 2.58. The largest absolute Gasteiger partial charge is 0.467 e. The highest BCUT2D eigenvalue weighted by Gasteiger charge is 2.17. The van der Waals surface area contributed by atoms with E-state index in [1.54, 1.807) is 37.5 Å². The molecule has 0 aliphatic heterocycles. The van der Waals surface area contributed by atoms with Gasteiger partial charge < -0.3 is 19.4 Å². The molecule has 0 aliphatic carbocycles. The molecule has 0 atom stereocenters. The van der Waals surface area contributed by atoms with E-state index in [2.05, 4.69) is 21.2 Å². The Hall–Kier alpha value is -2.28. The van der Waals surface area contributed by atoms with Gasteiger partial charge in [0, 0.05) is 16.7 Å². The van der Waals surface area contributed by atoms with Crippen LogP contribution in [0.15, 0.2) is 51.6 Å². The predicted molar refractivity (Wildman–Crippen MR) is 93.5 cm³/mol. The SMILES string of the molecule is CCOC(=O)CCN(Cc1ccco1)C(=O)Nc1ccc(Br)cc1. The van der Waals surface area contributed by atoms with Crippen molar-refractivity contribution < 1.29 is 18.7 Å². The molecule has 0 aliphatic rings. The zero-order valence-electron chi connectivity index (χ0n) is 13.3. The van der Waals surface area contributed by atoms with Crippen molar-refractivity contribution in [1.29, 1.82) is 0 Å². The zero-order valence-corrected chi connectivity index (χ0v) is 14.9. The third-order valence-corrected chi connectivity index (χ3v) is 3.73. The van der Waals surface area contributed by atoms with Gasteiger partial charge >= 0.3 is 12.0 Å². The summed E-state index contributed by atoms with van der Waals surface area (Å²) < 4.78 is 11.1. The molecule has 1 heterocycles. The number of ether oxygens (including phenoxy) is 1. The number of nitrogens with one attached hydrogen (secondary N) is 1. The van der Waals surface area contributed by atoms with Gasteiger partial charge in [0.05, 0.1) is 25.8 Å². The maximum atomic E-state index is 12.5. The van der Waals surface area contributed by atoms with Crippen LogP contribution >= 0.6 is 15.9 Å². The second-order valence-electron chi connectivity index (χ2n) is 4.99. The molecule has 2 amide bonds. The van der Waals surface area contributed by atoms with Crippen LogP contribution in [0.4, 0.5) is 10.5 Å². The van der Waals surface area contributed by atoms with Crippen LogP contribution in [0.25, 0.3) is 0 Å². The summed E-state index contributed by atoms with van der Waals surface area (Å²) in [5.41, 5.74) is 0.670. The van der Waals surface area contributed by atoms with Crippen molar-refractivity contribution in [2.75, 3.05) is 18.5 Å². The lowest BCUT2D eigenvalue weighted by atomic mass is 10.3. The fourth-order valence-corrected chi connectivity index (χ4v) is 2.30. The van der Waals surface area contributed by atoms with Gasteiger partial charge in [0.1, 0.15) is 5.76 Å². The number of amides is 2. The van der Waals surface area contributed by atoms with Crippen molar-refractivity contribution in [2.24, 2.45) is 0 Å². The maximum absolute atomic E-state index is 12.5. The molecule has 1 aromatic heterocycles. The van der Waals surface area contributed by atoms with Gasteiger partial charge in [-0.05, 0) is 43.3 Å². The zero-order chi connectivity index (χ0) is 17.4. The molecular formula is C17H19BrN2O4. The van der Waals surface area contributed by atoms with E-state index in [0.717, 1.165) is 4.47 Å². The van der Waals surface area contributed by atoms with Crippen LogP contribution in [-0.2, 0) is 16.1 Å². The Morgan fingerprint density at radius 2 is 2.00 bits per heavy atom. The fourth-order valence-electron chi connectivity index (χ4n) is 2.04. The lowest BCUT2D eigenvalue weighted by Gasteiger charge is -2.22. The Kier molecular flexibility index (Phi) is 6.87. The van der Waals surface area contributed by atoms with Crippen molar-refractivity contribution >= 4 is 33.6 Å². The van der Waals surface area contributed by atoms with Crippen LogP contribution in [0.1, 0.15) is 19.1 Å². The smallest absolute Gasteiger partial charge is 0.322 e. The van der Waals surface area contributed by atoms with E-state index in [0.29, 0.717) is 18.1 Å². The van der Waals surface area contributed by atoms with Crippen LogP contribution in [0.2, 0.25) is 0 Å². The summed E-state index contributed by atoms with van der Waals surface area (Å²) in [6, 6.07) is 10.5. The van der Waals surface area contributed by atoms with Crippen molar-refractivity contribution in [3.05, 3.63) is 52.9 Å². The number of benzene rings is 1. The minimum absolute atomic E-state index is 0.127. The van der Waals surface area contributed by atoms with E-state index in [4.69, 9.17) is 9.15 Å². The van der Waals surface area contributed by atoms with Gasteiger partial charge in [0.25, 0.3) is 0 Å². The first-order valence-corrected chi connectivity index (χ1v) is 8.37. The molecule has 0 spiro atoms. The van der Waals surface area contributed by atoms with Crippen molar-refractivity contribution in [3.8, 4) is 0 Å². The molecule has 1 N–H and O–H groups in total. The fraction of sp³-hybridized carbons (Fsp3) is 0.294. The summed E-state index contributed by atoms with van der Waals surface area (Å²) >= 11 is 3.35. The summed E-state index contributed by atoms with van der Waals surface area (Å²) in [7, 11) is 0. The number of furan rings is 1. The molecule has 0 saturated carbocycles. The van der Waals surface area contributed by atoms with Gasteiger partial charge in [-0.1, -0.05) is 15.9 Å². The highest BCUT2D eigenvalue weighted by atomic mass is 79.9. The van der Waals surface area contributed by atoms with Gasteiger partial charge in [-0.15, -0.1) is 0 Å². The number of rotatable bonds is 7.